The maximum absolute atomic E-state index is 11.0. The highest BCUT2D eigenvalue weighted by Crippen LogP contribution is 2.35. The van der Waals surface area contributed by atoms with E-state index in [1.807, 2.05) is 44.4 Å². The van der Waals surface area contributed by atoms with Crippen LogP contribution in [0.2, 0.25) is 0 Å². The summed E-state index contributed by atoms with van der Waals surface area (Å²) in [6.45, 7) is 8.67. The Morgan fingerprint density at radius 1 is 1.06 bits per heavy atom. The molecule has 0 radical (unpaired) electrons. The lowest BCUT2D eigenvalue weighted by atomic mass is 9.74. The first-order valence-electron chi connectivity index (χ1n) is 11.5. The highest BCUT2D eigenvalue weighted by Gasteiger charge is 2.38. The molecule has 0 amide bonds. The lowest BCUT2D eigenvalue weighted by Crippen LogP contribution is -2.41. The van der Waals surface area contributed by atoms with Crippen molar-refractivity contribution in [2.45, 2.75) is 51.0 Å². The quantitative estimate of drug-likeness (QED) is 0.321. The van der Waals surface area contributed by atoms with Gasteiger partial charge in [0.2, 0.25) is 0 Å². The molecule has 1 aliphatic rings. The molecule has 1 aliphatic carbocycles. The summed E-state index contributed by atoms with van der Waals surface area (Å²) >= 11 is 0. The summed E-state index contributed by atoms with van der Waals surface area (Å²) in [6.07, 6.45) is 8.15. The second kappa shape index (κ2) is 18.0. The molecule has 1 aromatic rings. The monoisotopic (exact) mass is 461 g/mol. The molecule has 1 aromatic carbocycles. The van der Waals surface area contributed by atoms with E-state index in [1.165, 1.54) is 12.0 Å². The first-order chi connectivity index (χ1) is 15.8. The SMILES string of the molecule is C=CC(=C)CNC.CNC(CCc1ccccc1)C(=O)O.CNCC1(C(=O)O)CCCCC1. The van der Waals surface area contributed by atoms with E-state index < -0.39 is 23.4 Å². The van der Waals surface area contributed by atoms with Gasteiger partial charge in [0.05, 0.1) is 5.41 Å². The van der Waals surface area contributed by atoms with Crippen molar-refractivity contribution in [1.82, 2.24) is 16.0 Å². The van der Waals surface area contributed by atoms with Crippen LogP contribution in [0.25, 0.3) is 0 Å². The summed E-state index contributed by atoms with van der Waals surface area (Å²) in [5, 5.41) is 26.6. The van der Waals surface area contributed by atoms with Crippen molar-refractivity contribution in [1.29, 1.82) is 0 Å². The summed E-state index contributed by atoms with van der Waals surface area (Å²) < 4.78 is 0. The van der Waals surface area contributed by atoms with E-state index in [9.17, 15) is 9.59 Å². The highest BCUT2D eigenvalue weighted by molar-refractivity contribution is 5.75. The first-order valence-corrected chi connectivity index (χ1v) is 11.5. The Balaban J connectivity index is 0.000000492. The van der Waals surface area contributed by atoms with Crippen molar-refractivity contribution in [2.75, 3.05) is 34.2 Å². The van der Waals surface area contributed by atoms with Gasteiger partial charge in [-0.1, -0.05) is 68.8 Å². The topological polar surface area (TPSA) is 111 Å². The molecule has 0 aliphatic heterocycles. The number of carboxylic acids is 2. The minimum atomic E-state index is -0.788. The summed E-state index contributed by atoms with van der Waals surface area (Å²) in [4.78, 5) is 21.7. The van der Waals surface area contributed by atoms with Gasteiger partial charge in [-0.15, -0.1) is 0 Å². The van der Waals surface area contributed by atoms with Gasteiger partial charge in [0.15, 0.2) is 0 Å². The molecule has 5 N–H and O–H groups in total. The number of carboxylic acid groups (broad SMARTS) is 2. The Bertz CT molecular complexity index is 695. The van der Waals surface area contributed by atoms with Crippen LogP contribution in [0.5, 0.6) is 0 Å². The lowest BCUT2D eigenvalue weighted by molar-refractivity contribution is -0.150. The van der Waals surface area contributed by atoms with Crippen LogP contribution in [0.1, 0.15) is 44.1 Å². The fourth-order valence-electron chi connectivity index (χ4n) is 3.68. The number of rotatable bonds is 11. The maximum Gasteiger partial charge on any atom is 0.320 e. The third kappa shape index (κ3) is 13.0. The van der Waals surface area contributed by atoms with Crippen LogP contribution in [0.3, 0.4) is 0 Å². The fourth-order valence-corrected chi connectivity index (χ4v) is 3.68. The largest absolute Gasteiger partial charge is 0.481 e. The molecule has 7 heteroatoms. The normalized spacial score (nSPS) is 15.0. The molecule has 0 spiro atoms. The van der Waals surface area contributed by atoms with Crippen LogP contribution in [0, 0.1) is 5.41 Å². The number of aliphatic carboxylic acids is 2. The van der Waals surface area contributed by atoms with E-state index in [1.54, 1.807) is 13.1 Å². The maximum atomic E-state index is 11.0. The zero-order chi connectivity index (χ0) is 25.1. The molecule has 1 atom stereocenters. The van der Waals surface area contributed by atoms with E-state index >= 15 is 0 Å². The smallest absolute Gasteiger partial charge is 0.320 e. The van der Waals surface area contributed by atoms with Crippen LogP contribution in [-0.2, 0) is 16.0 Å². The number of benzene rings is 1. The van der Waals surface area contributed by atoms with Gasteiger partial charge in [-0.2, -0.15) is 0 Å². The van der Waals surface area contributed by atoms with Gasteiger partial charge in [-0.05, 0) is 58.0 Å². The molecule has 1 saturated carbocycles. The average Bonchev–Trinajstić information content (AvgIpc) is 2.81. The summed E-state index contributed by atoms with van der Waals surface area (Å²) in [7, 11) is 5.37. The molecular formula is C26H43N3O4. The van der Waals surface area contributed by atoms with Crippen molar-refractivity contribution in [3.8, 4) is 0 Å². The second-order valence-electron chi connectivity index (χ2n) is 8.27. The molecular weight excluding hydrogens is 418 g/mol. The van der Waals surface area contributed by atoms with Gasteiger partial charge >= 0.3 is 11.9 Å². The minimum absolute atomic E-state index is 0.449. The van der Waals surface area contributed by atoms with Gasteiger partial charge in [-0.25, -0.2) is 0 Å². The molecule has 0 saturated heterocycles. The van der Waals surface area contributed by atoms with Crippen molar-refractivity contribution < 1.29 is 19.8 Å². The predicted molar refractivity (Wildman–Crippen MR) is 136 cm³/mol. The Morgan fingerprint density at radius 3 is 2.06 bits per heavy atom. The molecule has 0 aromatic heterocycles. The molecule has 7 nitrogen and oxygen atoms in total. The van der Waals surface area contributed by atoms with Crippen LogP contribution in [-0.4, -0.2) is 62.4 Å². The summed E-state index contributed by atoms with van der Waals surface area (Å²) in [6, 6.07) is 9.45. The van der Waals surface area contributed by atoms with Crippen molar-refractivity contribution in [3.05, 3.63) is 60.7 Å². The summed E-state index contributed by atoms with van der Waals surface area (Å²) in [5.74, 6) is -1.42. The number of likely N-dealkylation sites (N-methyl/N-ethyl adjacent to an activating group) is 2. The van der Waals surface area contributed by atoms with Crippen LogP contribution < -0.4 is 16.0 Å². The molecule has 0 heterocycles. The molecule has 33 heavy (non-hydrogen) atoms. The Hall–Kier alpha value is -2.48. The van der Waals surface area contributed by atoms with Crippen molar-refractivity contribution in [3.63, 3.8) is 0 Å². The highest BCUT2D eigenvalue weighted by atomic mass is 16.4. The van der Waals surface area contributed by atoms with Crippen LogP contribution in [0.4, 0.5) is 0 Å². The lowest BCUT2D eigenvalue weighted by Gasteiger charge is -2.32. The molecule has 2 rings (SSSR count). The number of hydrogen-bond acceptors (Lipinski definition) is 5. The number of carbonyl (C=O) groups is 2. The molecule has 0 bridgehead atoms. The van der Waals surface area contributed by atoms with Crippen LogP contribution in [0.15, 0.2) is 55.1 Å². The zero-order valence-electron chi connectivity index (χ0n) is 20.5. The van der Waals surface area contributed by atoms with Gasteiger partial charge in [-0.3, -0.25) is 9.59 Å². The van der Waals surface area contributed by atoms with Gasteiger partial charge < -0.3 is 26.2 Å². The van der Waals surface area contributed by atoms with Crippen molar-refractivity contribution in [2.24, 2.45) is 5.41 Å². The number of hydrogen-bond donors (Lipinski definition) is 5. The number of aryl methyl sites for hydroxylation is 1. The van der Waals surface area contributed by atoms with Crippen molar-refractivity contribution >= 4 is 11.9 Å². The standard InChI is InChI=1S/C11H15NO2.C9H17NO2.C6H11N/c1-12-10(11(13)14)8-7-9-5-3-2-4-6-9;1-10-7-9(8(11)12)5-3-2-4-6-9;1-4-6(2)5-7-3/h2-6,10,12H,7-8H2,1H3,(H,13,14);10H,2-7H2,1H3,(H,11,12);4,7H,1-2,5H2,3H3. The predicted octanol–water partition coefficient (Wildman–Crippen LogP) is 3.48. The fraction of sp³-hybridized carbons (Fsp3) is 0.538. The van der Waals surface area contributed by atoms with E-state index in [-0.39, 0.29) is 0 Å². The Labute approximate surface area is 199 Å². The molecule has 1 unspecified atom stereocenters. The molecule has 1 fully saturated rings. The Kier molecular flexibility index (Phi) is 16.7. The van der Waals surface area contributed by atoms with E-state index in [0.717, 1.165) is 44.2 Å². The second-order valence-corrected chi connectivity index (χ2v) is 8.27. The number of nitrogens with one attached hydrogen (secondary N) is 3. The van der Waals surface area contributed by atoms with Gasteiger partial charge in [0, 0.05) is 13.1 Å². The summed E-state index contributed by atoms with van der Waals surface area (Å²) in [5.41, 5.74) is 1.74. The first kappa shape index (κ1) is 30.5. The van der Waals surface area contributed by atoms with E-state index in [0.29, 0.717) is 13.0 Å². The van der Waals surface area contributed by atoms with E-state index in [4.69, 9.17) is 10.2 Å². The minimum Gasteiger partial charge on any atom is -0.481 e. The van der Waals surface area contributed by atoms with Gasteiger partial charge in [0.25, 0.3) is 0 Å². The Morgan fingerprint density at radius 2 is 1.67 bits per heavy atom. The average molecular weight is 462 g/mol. The van der Waals surface area contributed by atoms with Gasteiger partial charge in [0.1, 0.15) is 6.04 Å². The zero-order valence-corrected chi connectivity index (χ0v) is 20.5. The van der Waals surface area contributed by atoms with E-state index in [2.05, 4.69) is 29.1 Å². The third-order valence-electron chi connectivity index (χ3n) is 5.68. The van der Waals surface area contributed by atoms with Crippen LogP contribution >= 0.6 is 0 Å². The third-order valence-corrected chi connectivity index (χ3v) is 5.68. The molecule has 186 valence electrons.